The van der Waals surface area contributed by atoms with Crippen LogP contribution in [0.4, 0.5) is 4.79 Å². The van der Waals surface area contributed by atoms with Crippen molar-refractivity contribution < 1.29 is 15.0 Å². The molecule has 0 unspecified atom stereocenters. The van der Waals surface area contributed by atoms with Crippen LogP contribution in [0.3, 0.4) is 0 Å². The van der Waals surface area contributed by atoms with E-state index in [0.29, 0.717) is 5.92 Å². The minimum absolute atomic E-state index is 0.0903. The zero-order chi connectivity index (χ0) is 9.84. The number of hydrogen-bond donors (Lipinski definition) is 3. The molecule has 0 aliphatic heterocycles. The first-order chi connectivity index (χ1) is 6.09. The van der Waals surface area contributed by atoms with Crippen LogP contribution < -0.4 is 5.32 Å². The molecule has 1 atom stereocenters. The van der Waals surface area contributed by atoms with E-state index in [-0.39, 0.29) is 12.1 Å². The smallest absolute Gasteiger partial charge is 0.404 e. The molecule has 0 aromatic carbocycles. The van der Waals surface area contributed by atoms with Gasteiger partial charge in [0.05, 0.1) is 6.10 Å². The Balaban J connectivity index is 2.26. The summed E-state index contributed by atoms with van der Waals surface area (Å²) in [5.74, 6) is 0.354. The average molecular weight is 187 g/mol. The molecule has 1 aliphatic carbocycles. The van der Waals surface area contributed by atoms with Crippen molar-refractivity contribution in [3.63, 3.8) is 0 Å². The second kappa shape index (κ2) is 4.46. The van der Waals surface area contributed by atoms with Crippen LogP contribution in [0.2, 0.25) is 0 Å². The zero-order valence-electron chi connectivity index (χ0n) is 7.86. The van der Waals surface area contributed by atoms with Crippen LogP contribution in [0.15, 0.2) is 0 Å². The van der Waals surface area contributed by atoms with Crippen LogP contribution in [0, 0.1) is 5.92 Å². The van der Waals surface area contributed by atoms with E-state index in [2.05, 4.69) is 5.32 Å². The first-order valence-electron chi connectivity index (χ1n) is 4.77. The fourth-order valence-electron chi connectivity index (χ4n) is 1.92. The summed E-state index contributed by atoms with van der Waals surface area (Å²) in [5, 5.41) is 20.3. The number of carbonyl (C=O) groups is 1. The van der Waals surface area contributed by atoms with Gasteiger partial charge in [0.25, 0.3) is 0 Å². The number of hydrogen-bond acceptors (Lipinski definition) is 2. The molecule has 0 aromatic heterocycles. The SMILES string of the molecule is C[C@H](O)C1CCC(NC(=O)O)CC1. The number of nitrogens with one attached hydrogen (secondary N) is 1. The maximum Gasteiger partial charge on any atom is 0.404 e. The first kappa shape index (κ1) is 10.3. The molecular weight excluding hydrogens is 170 g/mol. The molecule has 0 radical (unpaired) electrons. The third kappa shape index (κ3) is 3.22. The fraction of sp³-hybridized carbons (Fsp3) is 0.889. The van der Waals surface area contributed by atoms with Crippen molar-refractivity contribution in [2.75, 3.05) is 0 Å². The van der Waals surface area contributed by atoms with Gasteiger partial charge in [-0.3, -0.25) is 0 Å². The topological polar surface area (TPSA) is 69.6 Å². The Morgan fingerprint density at radius 3 is 2.31 bits per heavy atom. The molecule has 3 N–H and O–H groups in total. The highest BCUT2D eigenvalue weighted by molar-refractivity contribution is 5.64. The Labute approximate surface area is 78.0 Å². The van der Waals surface area contributed by atoms with Crippen molar-refractivity contribution in [2.24, 2.45) is 5.92 Å². The van der Waals surface area contributed by atoms with E-state index < -0.39 is 6.09 Å². The van der Waals surface area contributed by atoms with Crippen LogP contribution in [0.25, 0.3) is 0 Å². The van der Waals surface area contributed by atoms with Gasteiger partial charge in [0.2, 0.25) is 0 Å². The molecule has 0 saturated heterocycles. The second-order valence-electron chi connectivity index (χ2n) is 3.80. The van der Waals surface area contributed by atoms with Gasteiger partial charge in [0, 0.05) is 6.04 Å². The lowest BCUT2D eigenvalue weighted by Gasteiger charge is -2.29. The summed E-state index contributed by atoms with van der Waals surface area (Å²) in [6, 6.07) is 0.0903. The quantitative estimate of drug-likeness (QED) is 0.608. The van der Waals surface area contributed by atoms with E-state index in [1.54, 1.807) is 6.92 Å². The standard InChI is InChI=1S/C9H17NO3/c1-6(11)7-2-4-8(5-3-7)10-9(12)13/h6-8,10-11H,2-5H2,1H3,(H,12,13)/t6-,7?,8?/m0/s1. The summed E-state index contributed by atoms with van der Waals surface area (Å²) in [4.78, 5) is 10.3. The van der Waals surface area contributed by atoms with Crippen LogP contribution in [-0.2, 0) is 0 Å². The van der Waals surface area contributed by atoms with Gasteiger partial charge in [-0.15, -0.1) is 0 Å². The monoisotopic (exact) mass is 187 g/mol. The molecule has 1 fully saturated rings. The van der Waals surface area contributed by atoms with Gasteiger partial charge in [0.1, 0.15) is 0 Å². The number of aliphatic hydroxyl groups excluding tert-OH is 1. The molecule has 1 aliphatic rings. The minimum atomic E-state index is -0.944. The summed E-state index contributed by atoms with van der Waals surface area (Å²) >= 11 is 0. The molecule has 4 nitrogen and oxygen atoms in total. The molecule has 1 rings (SSSR count). The normalized spacial score (nSPS) is 30.9. The highest BCUT2D eigenvalue weighted by Crippen LogP contribution is 2.26. The van der Waals surface area contributed by atoms with Crippen molar-refractivity contribution in [2.45, 2.75) is 44.8 Å². The second-order valence-corrected chi connectivity index (χ2v) is 3.80. The van der Waals surface area contributed by atoms with Gasteiger partial charge in [-0.25, -0.2) is 4.79 Å². The molecule has 13 heavy (non-hydrogen) atoms. The lowest BCUT2D eigenvalue weighted by molar-refractivity contribution is 0.0931. The minimum Gasteiger partial charge on any atom is -0.465 e. The van der Waals surface area contributed by atoms with Crippen LogP contribution in [0.5, 0.6) is 0 Å². The van der Waals surface area contributed by atoms with Crippen molar-refractivity contribution in [3.8, 4) is 0 Å². The van der Waals surface area contributed by atoms with E-state index in [1.807, 2.05) is 0 Å². The zero-order valence-corrected chi connectivity index (χ0v) is 7.86. The Bertz CT molecular complexity index is 174. The van der Waals surface area contributed by atoms with Gasteiger partial charge >= 0.3 is 6.09 Å². The molecule has 0 bridgehead atoms. The van der Waals surface area contributed by atoms with Gasteiger partial charge in [-0.05, 0) is 38.5 Å². The van der Waals surface area contributed by atoms with E-state index in [9.17, 15) is 9.90 Å². The fourth-order valence-corrected chi connectivity index (χ4v) is 1.92. The lowest BCUT2D eigenvalue weighted by Crippen LogP contribution is -2.38. The molecular formula is C9H17NO3. The lowest BCUT2D eigenvalue weighted by atomic mass is 9.83. The Hall–Kier alpha value is -0.770. The van der Waals surface area contributed by atoms with Gasteiger partial charge in [0.15, 0.2) is 0 Å². The predicted octanol–water partition coefficient (Wildman–Crippen LogP) is 1.19. The third-order valence-electron chi connectivity index (χ3n) is 2.78. The average Bonchev–Trinajstić information content (AvgIpc) is 2.04. The molecule has 0 spiro atoms. The third-order valence-corrected chi connectivity index (χ3v) is 2.78. The summed E-state index contributed by atoms with van der Waals surface area (Å²) in [6.45, 7) is 1.80. The number of carboxylic acid groups (broad SMARTS) is 1. The summed E-state index contributed by atoms with van der Waals surface area (Å²) in [7, 11) is 0. The van der Waals surface area contributed by atoms with Crippen LogP contribution in [0.1, 0.15) is 32.6 Å². The largest absolute Gasteiger partial charge is 0.465 e. The Morgan fingerprint density at radius 1 is 1.38 bits per heavy atom. The maximum absolute atomic E-state index is 10.3. The molecule has 76 valence electrons. The maximum atomic E-state index is 10.3. The van der Waals surface area contributed by atoms with Gasteiger partial charge < -0.3 is 15.5 Å². The summed E-state index contributed by atoms with van der Waals surface area (Å²) in [6.07, 6.45) is 2.33. The number of amides is 1. The van der Waals surface area contributed by atoms with Crippen LogP contribution in [-0.4, -0.2) is 28.5 Å². The summed E-state index contributed by atoms with van der Waals surface area (Å²) < 4.78 is 0. The van der Waals surface area contributed by atoms with Crippen molar-refractivity contribution in [3.05, 3.63) is 0 Å². The van der Waals surface area contributed by atoms with Crippen LogP contribution >= 0.6 is 0 Å². The van der Waals surface area contributed by atoms with E-state index in [4.69, 9.17) is 5.11 Å². The van der Waals surface area contributed by atoms with E-state index in [1.165, 1.54) is 0 Å². The molecule has 4 heteroatoms. The van der Waals surface area contributed by atoms with Crippen molar-refractivity contribution in [1.29, 1.82) is 0 Å². The highest BCUT2D eigenvalue weighted by Gasteiger charge is 2.24. The molecule has 1 saturated carbocycles. The molecule has 0 aromatic rings. The van der Waals surface area contributed by atoms with E-state index >= 15 is 0 Å². The highest BCUT2D eigenvalue weighted by atomic mass is 16.4. The Morgan fingerprint density at radius 2 is 1.92 bits per heavy atom. The summed E-state index contributed by atoms with van der Waals surface area (Å²) in [5.41, 5.74) is 0. The van der Waals surface area contributed by atoms with Gasteiger partial charge in [-0.1, -0.05) is 0 Å². The van der Waals surface area contributed by atoms with Gasteiger partial charge in [-0.2, -0.15) is 0 Å². The number of rotatable bonds is 2. The van der Waals surface area contributed by atoms with Crippen molar-refractivity contribution >= 4 is 6.09 Å². The number of aliphatic hydroxyl groups is 1. The Kier molecular flexibility index (Phi) is 3.54. The molecule has 0 heterocycles. The molecule has 1 amide bonds. The predicted molar refractivity (Wildman–Crippen MR) is 48.6 cm³/mol. The van der Waals surface area contributed by atoms with E-state index in [0.717, 1.165) is 25.7 Å². The first-order valence-corrected chi connectivity index (χ1v) is 4.77. The van der Waals surface area contributed by atoms with Crippen molar-refractivity contribution in [1.82, 2.24) is 5.32 Å².